The van der Waals surface area contributed by atoms with Crippen LogP contribution in [0.4, 0.5) is 0 Å². The average Bonchev–Trinajstić information content (AvgIpc) is 3.40. The molecule has 1 amide bonds. The molecule has 3 atom stereocenters. The summed E-state index contributed by atoms with van der Waals surface area (Å²) in [7, 11) is 0. The summed E-state index contributed by atoms with van der Waals surface area (Å²) in [4.78, 5) is 12.5. The number of fused-ring (bicyclic) bond motifs is 1. The first kappa shape index (κ1) is 18.0. The molecule has 4 heteroatoms. The van der Waals surface area contributed by atoms with Crippen LogP contribution in [0.3, 0.4) is 0 Å². The number of halogens is 1. The van der Waals surface area contributed by atoms with Crippen molar-refractivity contribution in [1.82, 2.24) is 10.6 Å². The van der Waals surface area contributed by atoms with E-state index in [1.54, 1.807) is 0 Å². The van der Waals surface area contributed by atoms with Crippen molar-refractivity contribution >= 4 is 18.3 Å². The molecule has 1 fully saturated rings. The summed E-state index contributed by atoms with van der Waals surface area (Å²) in [5, 5.41) is 6.70. The Balaban J connectivity index is 0.00000182. The van der Waals surface area contributed by atoms with E-state index in [1.165, 1.54) is 22.3 Å². The normalized spacial score (nSPS) is 24.0. The number of nitrogens with one attached hydrogen (secondary N) is 2. The minimum atomic E-state index is 0. The van der Waals surface area contributed by atoms with Gasteiger partial charge in [-0.2, -0.15) is 0 Å². The van der Waals surface area contributed by atoms with Crippen LogP contribution in [0.25, 0.3) is 0 Å². The van der Waals surface area contributed by atoms with Crippen molar-refractivity contribution < 1.29 is 4.79 Å². The topological polar surface area (TPSA) is 41.1 Å². The van der Waals surface area contributed by atoms with Crippen LogP contribution in [-0.2, 0) is 11.2 Å². The van der Waals surface area contributed by atoms with E-state index in [4.69, 9.17) is 0 Å². The third kappa shape index (κ3) is 3.73. The third-order valence-corrected chi connectivity index (χ3v) is 5.41. The zero-order valence-corrected chi connectivity index (χ0v) is 15.3. The summed E-state index contributed by atoms with van der Waals surface area (Å²) < 4.78 is 0. The maximum absolute atomic E-state index is 12.5. The zero-order valence-electron chi connectivity index (χ0n) is 14.5. The van der Waals surface area contributed by atoms with Gasteiger partial charge < -0.3 is 10.6 Å². The molecule has 0 saturated heterocycles. The van der Waals surface area contributed by atoms with Crippen molar-refractivity contribution in [1.29, 1.82) is 0 Å². The highest BCUT2D eigenvalue weighted by Gasteiger charge is 2.44. The van der Waals surface area contributed by atoms with E-state index >= 15 is 0 Å². The molecule has 2 aromatic rings. The van der Waals surface area contributed by atoms with Gasteiger partial charge in [0.25, 0.3) is 0 Å². The predicted octanol–water partition coefficient (Wildman–Crippen LogP) is 3.52. The fourth-order valence-corrected chi connectivity index (χ4v) is 3.94. The van der Waals surface area contributed by atoms with Gasteiger partial charge in [-0.05, 0) is 54.5 Å². The van der Waals surface area contributed by atoms with Crippen LogP contribution in [0, 0.1) is 12.8 Å². The molecule has 1 aliphatic carbocycles. The highest BCUT2D eigenvalue weighted by molar-refractivity contribution is 5.85. The first-order valence-electron chi connectivity index (χ1n) is 8.88. The maximum Gasteiger partial charge on any atom is 0.223 e. The van der Waals surface area contributed by atoms with E-state index < -0.39 is 0 Å². The van der Waals surface area contributed by atoms with Crippen LogP contribution >= 0.6 is 12.4 Å². The summed E-state index contributed by atoms with van der Waals surface area (Å²) >= 11 is 0. The van der Waals surface area contributed by atoms with Crippen molar-refractivity contribution in [2.45, 2.75) is 31.7 Å². The van der Waals surface area contributed by atoms with Crippen LogP contribution in [0.5, 0.6) is 0 Å². The molecule has 0 spiro atoms. The molecule has 132 valence electrons. The summed E-state index contributed by atoms with van der Waals surface area (Å²) in [5.41, 5.74) is 5.36. The lowest BCUT2D eigenvalue weighted by Crippen LogP contribution is -2.39. The highest BCUT2D eigenvalue weighted by atomic mass is 35.5. The lowest BCUT2D eigenvalue weighted by molar-refractivity contribution is -0.122. The Kier molecular flexibility index (Phi) is 5.45. The van der Waals surface area contributed by atoms with Gasteiger partial charge in [0.05, 0.1) is 0 Å². The van der Waals surface area contributed by atoms with Gasteiger partial charge in [-0.1, -0.05) is 48.5 Å². The lowest BCUT2D eigenvalue weighted by atomic mass is 9.94. The summed E-state index contributed by atoms with van der Waals surface area (Å²) in [6.45, 7) is 3.78. The molecule has 0 radical (unpaired) electrons. The Hall–Kier alpha value is -1.84. The molecule has 1 aliphatic heterocycles. The number of aryl methyl sites for hydroxylation is 1. The fraction of sp³-hybridized carbons (Fsp3) is 0.381. The molecular weight excluding hydrogens is 332 g/mol. The lowest BCUT2D eigenvalue weighted by Gasteiger charge is -2.27. The molecule has 4 rings (SSSR count). The third-order valence-electron chi connectivity index (χ3n) is 5.41. The van der Waals surface area contributed by atoms with Gasteiger partial charge in [-0.25, -0.2) is 0 Å². The second kappa shape index (κ2) is 7.59. The van der Waals surface area contributed by atoms with Crippen LogP contribution in [0.15, 0.2) is 48.5 Å². The minimum absolute atomic E-state index is 0. The molecule has 2 aliphatic rings. The van der Waals surface area contributed by atoms with Gasteiger partial charge >= 0.3 is 0 Å². The Morgan fingerprint density at radius 2 is 1.84 bits per heavy atom. The number of carbonyl (C=O) groups is 1. The fourth-order valence-electron chi connectivity index (χ4n) is 3.94. The van der Waals surface area contributed by atoms with Gasteiger partial charge in [0.2, 0.25) is 5.91 Å². The summed E-state index contributed by atoms with van der Waals surface area (Å²) in [6, 6.07) is 17.2. The number of benzene rings is 2. The second-order valence-corrected chi connectivity index (χ2v) is 7.01. The number of amides is 1. The molecular formula is C21H25ClN2O. The first-order chi connectivity index (χ1) is 11.7. The number of hydrogen-bond donors (Lipinski definition) is 2. The average molecular weight is 357 g/mol. The van der Waals surface area contributed by atoms with E-state index in [-0.39, 0.29) is 30.3 Å². The van der Waals surface area contributed by atoms with Gasteiger partial charge in [0.1, 0.15) is 0 Å². The summed E-state index contributed by atoms with van der Waals surface area (Å²) in [5.74, 6) is 0.746. The largest absolute Gasteiger partial charge is 0.354 e. The van der Waals surface area contributed by atoms with E-state index in [2.05, 4.69) is 66.1 Å². The Bertz CT molecular complexity index is 761. The van der Waals surface area contributed by atoms with Gasteiger partial charge in [-0.15, -0.1) is 12.4 Å². The molecule has 0 aromatic heterocycles. The standard InChI is InChI=1S/C21H24N2O.ClH/c1-14-6-2-4-8-16(14)18-12-19(18)21(24)23-13-20-17-9-5-3-7-15(17)10-11-22-20;/h2-9,18-20,22H,10-13H2,1H3,(H,23,24);1H. The molecule has 1 saturated carbocycles. The van der Waals surface area contributed by atoms with Gasteiger partial charge in [0.15, 0.2) is 0 Å². The van der Waals surface area contributed by atoms with E-state index in [9.17, 15) is 4.79 Å². The molecule has 0 bridgehead atoms. The monoisotopic (exact) mass is 356 g/mol. The van der Waals surface area contributed by atoms with Crippen molar-refractivity contribution in [2.75, 3.05) is 13.1 Å². The number of carbonyl (C=O) groups excluding carboxylic acids is 1. The Morgan fingerprint density at radius 1 is 1.12 bits per heavy atom. The van der Waals surface area contributed by atoms with E-state index in [0.717, 1.165) is 19.4 Å². The quantitative estimate of drug-likeness (QED) is 0.880. The van der Waals surface area contributed by atoms with Gasteiger partial charge in [-0.3, -0.25) is 4.79 Å². The summed E-state index contributed by atoms with van der Waals surface area (Å²) in [6.07, 6.45) is 2.05. The Labute approximate surface area is 155 Å². The molecule has 2 aromatic carbocycles. The predicted molar refractivity (Wildman–Crippen MR) is 103 cm³/mol. The minimum Gasteiger partial charge on any atom is -0.354 e. The number of rotatable bonds is 4. The molecule has 25 heavy (non-hydrogen) atoms. The molecule has 3 unspecified atom stereocenters. The SMILES string of the molecule is Cc1ccccc1C1CC1C(=O)NCC1NCCc2ccccc21.Cl. The van der Waals surface area contributed by atoms with E-state index in [0.29, 0.717) is 12.5 Å². The maximum atomic E-state index is 12.5. The Morgan fingerprint density at radius 3 is 2.64 bits per heavy atom. The number of hydrogen-bond acceptors (Lipinski definition) is 2. The van der Waals surface area contributed by atoms with Gasteiger partial charge in [0, 0.05) is 18.5 Å². The molecule has 1 heterocycles. The van der Waals surface area contributed by atoms with Crippen LogP contribution < -0.4 is 10.6 Å². The van der Waals surface area contributed by atoms with Crippen molar-refractivity contribution in [3.8, 4) is 0 Å². The highest BCUT2D eigenvalue weighted by Crippen LogP contribution is 2.48. The molecule has 2 N–H and O–H groups in total. The van der Waals surface area contributed by atoms with Crippen LogP contribution in [0.2, 0.25) is 0 Å². The smallest absolute Gasteiger partial charge is 0.223 e. The van der Waals surface area contributed by atoms with E-state index in [1.807, 2.05) is 0 Å². The first-order valence-corrected chi connectivity index (χ1v) is 8.88. The van der Waals surface area contributed by atoms with Crippen molar-refractivity contribution in [3.05, 3.63) is 70.8 Å². The van der Waals surface area contributed by atoms with Crippen LogP contribution in [0.1, 0.15) is 40.6 Å². The zero-order chi connectivity index (χ0) is 16.5. The van der Waals surface area contributed by atoms with Crippen molar-refractivity contribution in [3.63, 3.8) is 0 Å². The van der Waals surface area contributed by atoms with Crippen LogP contribution in [-0.4, -0.2) is 19.0 Å². The second-order valence-electron chi connectivity index (χ2n) is 7.01. The molecule has 3 nitrogen and oxygen atoms in total. The van der Waals surface area contributed by atoms with Crippen molar-refractivity contribution in [2.24, 2.45) is 5.92 Å².